The first kappa shape index (κ1) is 16.8. The van der Waals surface area contributed by atoms with E-state index in [4.69, 9.17) is 12.2 Å². The van der Waals surface area contributed by atoms with Crippen LogP contribution in [-0.4, -0.2) is 16.9 Å². The second-order valence-corrected chi connectivity index (χ2v) is 4.54. The second kappa shape index (κ2) is 6.64. The molecule has 0 saturated carbocycles. The fourth-order valence-corrected chi connectivity index (χ4v) is 2.00. The van der Waals surface area contributed by atoms with Crippen LogP contribution >= 0.6 is 12.2 Å². The molecule has 1 heterocycles. The summed E-state index contributed by atoms with van der Waals surface area (Å²) in [6, 6.07) is 0. The Labute approximate surface area is 129 Å². The van der Waals surface area contributed by atoms with E-state index in [-0.39, 0.29) is 52.4 Å². The number of amides is 2. The minimum Gasteiger partial charge on any atom is -0.302 e. The van der Waals surface area contributed by atoms with Crippen molar-refractivity contribution in [3.05, 3.63) is 12.2 Å². The van der Waals surface area contributed by atoms with Crippen LogP contribution in [0.15, 0.2) is 12.2 Å². The van der Waals surface area contributed by atoms with Gasteiger partial charge < -0.3 is 10.6 Å². The van der Waals surface area contributed by atoms with E-state index in [1.807, 2.05) is 32.9 Å². The van der Waals surface area contributed by atoms with Gasteiger partial charge in [0, 0.05) is 0 Å². The zero-order chi connectivity index (χ0) is 12.3. The number of carbonyl (C=O) groups excluding carboxylic acids is 2. The van der Waals surface area contributed by atoms with Crippen molar-refractivity contribution in [1.82, 2.24) is 10.6 Å². The average molecular weight is 263 g/mol. The molecule has 17 heavy (non-hydrogen) atoms. The first-order valence-electron chi connectivity index (χ1n) is 5.23. The van der Waals surface area contributed by atoms with Gasteiger partial charge in [0.2, 0.25) is 11.8 Å². The Morgan fingerprint density at radius 3 is 2.12 bits per heavy atom. The summed E-state index contributed by atoms with van der Waals surface area (Å²) >= 11 is 4.78. The normalized spacial score (nSPS) is 18.9. The third kappa shape index (κ3) is 3.16. The largest absolute Gasteiger partial charge is 1.00 e. The predicted molar refractivity (Wildman–Crippen MR) is 65.6 cm³/mol. The second-order valence-electron chi connectivity index (χ2n) is 4.14. The maximum atomic E-state index is 12.0. The SMILES string of the molecule is C/C=C/CC1(C(C)C)C(=O)NC(=S)NC1=O.[Na+]. The van der Waals surface area contributed by atoms with Gasteiger partial charge in [-0.1, -0.05) is 26.0 Å². The molecule has 4 nitrogen and oxygen atoms in total. The third-order valence-electron chi connectivity index (χ3n) is 2.93. The van der Waals surface area contributed by atoms with Crippen molar-refractivity contribution in [2.45, 2.75) is 27.2 Å². The van der Waals surface area contributed by atoms with Crippen molar-refractivity contribution < 1.29 is 39.1 Å². The fraction of sp³-hybridized carbons (Fsp3) is 0.545. The van der Waals surface area contributed by atoms with Crippen molar-refractivity contribution in [2.24, 2.45) is 11.3 Å². The molecule has 6 heteroatoms. The van der Waals surface area contributed by atoms with Crippen LogP contribution in [0.2, 0.25) is 0 Å². The summed E-state index contributed by atoms with van der Waals surface area (Å²) in [6.07, 6.45) is 4.05. The molecule has 0 aromatic rings. The molecule has 1 saturated heterocycles. The molecule has 0 aromatic heterocycles. The zero-order valence-electron chi connectivity index (χ0n) is 10.7. The van der Waals surface area contributed by atoms with Crippen LogP contribution in [-0.2, 0) is 9.59 Å². The molecule has 0 atom stereocenters. The molecule has 0 radical (unpaired) electrons. The summed E-state index contributed by atoms with van der Waals surface area (Å²) < 4.78 is 0. The van der Waals surface area contributed by atoms with E-state index in [2.05, 4.69) is 10.6 Å². The van der Waals surface area contributed by atoms with Gasteiger partial charge in [0.05, 0.1) is 0 Å². The Morgan fingerprint density at radius 1 is 1.29 bits per heavy atom. The van der Waals surface area contributed by atoms with Gasteiger partial charge in [0.1, 0.15) is 5.41 Å². The summed E-state index contributed by atoms with van der Waals surface area (Å²) in [5.41, 5.74) is -1.05. The molecule has 1 aliphatic heterocycles. The third-order valence-corrected chi connectivity index (χ3v) is 3.13. The molecule has 0 spiro atoms. The van der Waals surface area contributed by atoms with E-state index < -0.39 is 5.41 Å². The zero-order valence-corrected chi connectivity index (χ0v) is 13.5. The summed E-state index contributed by atoms with van der Waals surface area (Å²) in [5.74, 6) is -0.712. The number of thiocarbonyl (C=S) groups is 1. The van der Waals surface area contributed by atoms with E-state index >= 15 is 0 Å². The Bertz CT molecular complexity index is 346. The summed E-state index contributed by atoms with van der Waals surface area (Å²) in [5, 5.41) is 5.12. The Hall–Kier alpha value is -0.230. The minimum absolute atomic E-state index is 0. The van der Waals surface area contributed by atoms with E-state index in [1.165, 1.54) is 0 Å². The summed E-state index contributed by atoms with van der Waals surface area (Å²) in [4.78, 5) is 24.0. The van der Waals surface area contributed by atoms with Gasteiger partial charge in [-0.05, 0) is 31.5 Å². The fourth-order valence-electron chi connectivity index (χ4n) is 1.81. The number of allylic oxidation sites excluding steroid dienone is 2. The quantitative estimate of drug-likeness (QED) is 0.271. The molecular formula is C11H16N2NaO2S+. The number of nitrogens with one attached hydrogen (secondary N) is 2. The predicted octanol–water partition coefficient (Wildman–Crippen LogP) is -1.87. The van der Waals surface area contributed by atoms with Gasteiger partial charge in [-0.25, -0.2) is 0 Å². The van der Waals surface area contributed by atoms with Gasteiger partial charge in [-0.15, -0.1) is 0 Å². The van der Waals surface area contributed by atoms with Crippen LogP contribution in [0.4, 0.5) is 0 Å². The van der Waals surface area contributed by atoms with Crippen LogP contribution in [0.3, 0.4) is 0 Å². The van der Waals surface area contributed by atoms with Crippen molar-refractivity contribution >= 4 is 29.1 Å². The van der Waals surface area contributed by atoms with Gasteiger partial charge in [0.15, 0.2) is 5.11 Å². The Kier molecular flexibility index (Phi) is 6.55. The summed E-state index contributed by atoms with van der Waals surface area (Å²) in [7, 11) is 0. The minimum atomic E-state index is -1.05. The van der Waals surface area contributed by atoms with E-state index in [9.17, 15) is 9.59 Å². The maximum Gasteiger partial charge on any atom is 1.00 e. The molecule has 0 bridgehead atoms. The van der Waals surface area contributed by atoms with E-state index in [1.54, 1.807) is 0 Å². The average Bonchev–Trinajstić information content (AvgIpc) is 2.16. The molecule has 1 fully saturated rings. The van der Waals surface area contributed by atoms with Crippen LogP contribution in [0.1, 0.15) is 27.2 Å². The Balaban J connectivity index is 0.00000256. The standard InChI is InChI=1S/C11H16N2O2S.Na/c1-4-5-6-11(7(2)3)8(14)12-10(16)13-9(11)15;/h4-5,7H,6H2,1-3H3,(H2,12,13,14,15,16);/q;+1/b5-4+;. The topological polar surface area (TPSA) is 58.2 Å². The van der Waals surface area contributed by atoms with Crippen LogP contribution < -0.4 is 40.2 Å². The number of hydrogen-bond acceptors (Lipinski definition) is 3. The van der Waals surface area contributed by atoms with Crippen LogP contribution in [0, 0.1) is 11.3 Å². The van der Waals surface area contributed by atoms with Gasteiger partial charge in [-0.2, -0.15) is 0 Å². The van der Waals surface area contributed by atoms with Crippen molar-refractivity contribution in [3.8, 4) is 0 Å². The molecule has 0 aliphatic carbocycles. The monoisotopic (exact) mass is 263 g/mol. The van der Waals surface area contributed by atoms with Crippen molar-refractivity contribution in [3.63, 3.8) is 0 Å². The van der Waals surface area contributed by atoms with Crippen LogP contribution in [0.25, 0.3) is 0 Å². The van der Waals surface area contributed by atoms with Gasteiger partial charge in [-0.3, -0.25) is 9.59 Å². The van der Waals surface area contributed by atoms with Crippen LogP contribution in [0.5, 0.6) is 0 Å². The smallest absolute Gasteiger partial charge is 0.302 e. The number of carbonyl (C=O) groups is 2. The molecule has 0 unspecified atom stereocenters. The molecular weight excluding hydrogens is 247 g/mol. The van der Waals surface area contributed by atoms with E-state index in [0.29, 0.717) is 6.42 Å². The molecule has 2 N–H and O–H groups in total. The van der Waals surface area contributed by atoms with Crippen molar-refractivity contribution in [2.75, 3.05) is 0 Å². The molecule has 1 rings (SSSR count). The first-order valence-corrected chi connectivity index (χ1v) is 5.64. The Morgan fingerprint density at radius 2 is 1.76 bits per heavy atom. The summed E-state index contributed by atoms with van der Waals surface area (Å²) in [6.45, 7) is 5.57. The van der Waals surface area contributed by atoms with E-state index in [0.717, 1.165) is 0 Å². The number of hydrogen-bond donors (Lipinski definition) is 2. The first-order chi connectivity index (χ1) is 7.45. The molecule has 88 valence electrons. The van der Waals surface area contributed by atoms with Gasteiger partial charge in [0.25, 0.3) is 0 Å². The number of rotatable bonds is 3. The molecule has 2 amide bonds. The molecule has 1 aliphatic rings. The van der Waals surface area contributed by atoms with Gasteiger partial charge >= 0.3 is 29.6 Å². The molecule has 0 aromatic carbocycles. The van der Waals surface area contributed by atoms with Crippen molar-refractivity contribution in [1.29, 1.82) is 0 Å². The maximum absolute atomic E-state index is 12.0.